The van der Waals surface area contributed by atoms with Crippen LogP contribution in [0.15, 0.2) is 24.3 Å². The molecule has 1 heterocycles. The fourth-order valence-corrected chi connectivity index (χ4v) is 7.15. The van der Waals surface area contributed by atoms with Crippen molar-refractivity contribution < 1.29 is 38.6 Å². The van der Waals surface area contributed by atoms with E-state index in [1.165, 1.54) is 11.8 Å². The van der Waals surface area contributed by atoms with E-state index in [1.807, 2.05) is 52.0 Å². The molecule has 14 heteroatoms. The minimum atomic E-state index is -1.49. The monoisotopic (exact) mass is 742 g/mol. The van der Waals surface area contributed by atoms with E-state index in [1.54, 1.807) is 7.05 Å². The Hall–Kier alpha value is -4.04. The van der Waals surface area contributed by atoms with Gasteiger partial charge >= 0.3 is 5.97 Å². The van der Waals surface area contributed by atoms with Crippen LogP contribution in [-0.2, 0) is 39.9 Å². The molecule has 0 spiro atoms. The van der Waals surface area contributed by atoms with Crippen molar-refractivity contribution in [3.63, 3.8) is 0 Å². The van der Waals surface area contributed by atoms with Crippen molar-refractivity contribution in [1.29, 1.82) is 0 Å². The van der Waals surface area contributed by atoms with E-state index in [2.05, 4.69) is 21.3 Å². The summed E-state index contributed by atoms with van der Waals surface area (Å²) in [6.07, 6.45) is 4.05. The number of cyclic esters (lactones) is 1. The second-order valence-corrected chi connectivity index (χ2v) is 15.2. The summed E-state index contributed by atoms with van der Waals surface area (Å²) in [4.78, 5) is 84.5. The highest BCUT2D eigenvalue weighted by Crippen LogP contribution is 2.28. The maximum atomic E-state index is 14.7. The molecule has 3 rings (SSSR count). The van der Waals surface area contributed by atoms with Gasteiger partial charge in [-0.2, -0.15) is 0 Å². The Morgan fingerprint density at radius 3 is 2.15 bits per heavy atom. The molecule has 53 heavy (non-hydrogen) atoms. The Morgan fingerprint density at radius 2 is 1.57 bits per heavy atom. The third-order valence-corrected chi connectivity index (χ3v) is 10.3. The Labute approximate surface area is 314 Å². The molecule has 14 nitrogen and oxygen atoms in total. The van der Waals surface area contributed by atoms with Crippen molar-refractivity contribution in [3.8, 4) is 0 Å². The number of carbonyl (C=O) groups is 6. The summed E-state index contributed by atoms with van der Waals surface area (Å²) in [5, 5.41) is 21.0. The summed E-state index contributed by atoms with van der Waals surface area (Å²) < 4.78 is 5.98. The molecular formula is C39H62N6O8. The van der Waals surface area contributed by atoms with Gasteiger partial charge < -0.3 is 41.7 Å². The van der Waals surface area contributed by atoms with Crippen LogP contribution in [0.4, 0.5) is 0 Å². The number of unbranched alkanes of at least 4 members (excludes halogenated alkanes) is 1. The zero-order valence-electron chi connectivity index (χ0n) is 32.3. The average molecular weight is 743 g/mol. The van der Waals surface area contributed by atoms with Crippen molar-refractivity contribution in [3.05, 3.63) is 35.4 Å². The number of carbonyl (C=O) groups excluding carboxylic acids is 6. The summed E-state index contributed by atoms with van der Waals surface area (Å²) in [5.41, 5.74) is 7.80. The lowest BCUT2D eigenvalue weighted by Crippen LogP contribution is -2.62. The van der Waals surface area contributed by atoms with Crippen molar-refractivity contribution in [1.82, 2.24) is 26.2 Å². The fourth-order valence-electron chi connectivity index (χ4n) is 7.15. The van der Waals surface area contributed by atoms with Crippen LogP contribution in [0.1, 0.15) is 96.6 Å². The first-order valence-corrected chi connectivity index (χ1v) is 19.2. The van der Waals surface area contributed by atoms with Gasteiger partial charge in [-0.3, -0.25) is 28.8 Å². The van der Waals surface area contributed by atoms with Gasteiger partial charge in [0.25, 0.3) is 0 Å². The molecule has 1 aromatic rings. The number of aliphatic hydroxyl groups excluding tert-OH is 1. The Bertz CT molecular complexity index is 1400. The highest BCUT2D eigenvalue weighted by Gasteiger charge is 2.41. The molecule has 7 atom stereocenters. The normalized spacial score (nSPS) is 27.1. The van der Waals surface area contributed by atoms with Gasteiger partial charge in [-0.1, -0.05) is 82.7 Å². The standard InChI is InChI=1S/C39H62N6O8/c1-7-8-14-31-28(20-26-17-15-24(4)16-18-26)39(52)45(6)30(19-23(2)3)36(49)44-34(27-12-10-9-11-13-27)38(51)42-29(21-40)35(48)43-33(25(5)46)37(50)41-22-32(47)53-31/h15-18,23,25,27-31,33-34,46H,7-14,19-22,40H2,1-6H3,(H,41,50)(H,42,51)(H,43,48)(H,44,49)/t25-,28+,29-,30-,31+,33-,34-/m0/s1. The summed E-state index contributed by atoms with van der Waals surface area (Å²) in [7, 11) is 1.57. The smallest absolute Gasteiger partial charge is 0.325 e. The quantitative estimate of drug-likeness (QED) is 0.192. The molecule has 1 aliphatic heterocycles. The van der Waals surface area contributed by atoms with E-state index in [0.717, 1.165) is 36.8 Å². The first-order valence-electron chi connectivity index (χ1n) is 19.2. The van der Waals surface area contributed by atoms with Gasteiger partial charge in [0.2, 0.25) is 29.5 Å². The van der Waals surface area contributed by atoms with E-state index >= 15 is 0 Å². The minimum Gasteiger partial charge on any atom is -0.460 e. The number of rotatable bonds is 10. The van der Waals surface area contributed by atoms with Gasteiger partial charge in [-0.05, 0) is 63.4 Å². The predicted molar refractivity (Wildman–Crippen MR) is 200 cm³/mol. The third kappa shape index (κ3) is 12.8. The van der Waals surface area contributed by atoms with Crippen LogP contribution in [0.5, 0.6) is 0 Å². The maximum absolute atomic E-state index is 14.7. The Kier molecular flexibility index (Phi) is 17.2. The number of benzene rings is 1. The number of aliphatic hydroxyl groups is 1. The van der Waals surface area contributed by atoms with Gasteiger partial charge in [0, 0.05) is 13.6 Å². The molecule has 0 aromatic heterocycles. The number of amides is 5. The topological polar surface area (TPSA) is 209 Å². The molecule has 1 saturated carbocycles. The lowest BCUT2D eigenvalue weighted by atomic mass is 9.83. The zero-order chi connectivity index (χ0) is 39.2. The molecule has 0 bridgehead atoms. The first kappa shape index (κ1) is 43.4. The average Bonchev–Trinajstić information content (AvgIpc) is 3.13. The van der Waals surface area contributed by atoms with Crippen molar-refractivity contribution in [2.24, 2.45) is 23.5 Å². The molecule has 7 N–H and O–H groups in total. The van der Waals surface area contributed by atoms with Crippen molar-refractivity contribution in [2.75, 3.05) is 20.1 Å². The molecular weight excluding hydrogens is 680 g/mol. The van der Waals surface area contributed by atoms with Crippen LogP contribution in [0.3, 0.4) is 0 Å². The minimum absolute atomic E-state index is 0.00961. The van der Waals surface area contributed by atoms with Crippen molar-refractivity contribution >= 4 is 35.5 Å². The highest BCUT2D eigenvalue weighted by molar-refractivity contribution is 5.96. The molecule has 0 unspecified atom stereocenters. The van der Waals surface area contributed by atoms with E-state index in [9.17, 15) is 33.9 Å². The number of hydrogen-bond acceptors (Lipinski definition) is 9. The fraction of sp³-hybridized carbons (Fsp3) is 0.692. The molecule has 1 saturated heterocycles. The summed E-state index contributed by atoms with van der Waals surface area (Å²) in [6.45, 7) is 8.20. The Morgan fingerprint density at radius 1 is 0.906 bits per heavy atom. The van der Waals surface area contributed by atoms with Crippen molar-refractivity contribution in [2.45, 2.75) is 135 Å². The van der Waals surface area contributed by atoms with Gasteiger partial charge in [-0.25, -0.2) is 0 Å². The number of ether oxygens (including phenoxy) is 1. The molecule has 1 aliphatic carbocycles. The molecule has 1 aromatic carbocycles. The number of aryl methyl sites for hydroxylation is 1. The highest BCUT2D eigenvalue weighted by atomic mass is 16.5. The van der Waals surface area contributed by atoms with Crippen LogP contribution in [0.25, 0.3) is 0 Å². The van der Waals surface area contributed by atoms with Crippen LogP contribution < -0.4 is 27.0 Å². The van der Waals surface area contributed by atoms with E-state index in [0.29, 0.717) is 32.1 Å². The second-order valence-electron chi connectivity index (χ2n) is 15.2. The molecule has 2 fully saturated rings. The lowest BCUT2D eigenvalue weighted by molar-refractivity contribution is -0.158. The SMILES string of the molecule is CCCC[C@H]1OC(=O)CNC(=O)[C@H]([C@H](C)O)NC(=O)[C@H](CN)NC(=O)[C@H](C2CCCCC2)NC(=O)[C@H](CC(C)C)N(C)C(=O)[C@@H]1Cc1ccc(C)cc1. The van der Waals surface area contributed by atoms with Crippen LogP contribution >= 0.6 is 0 Å². The third-order valence-electron chi connectivity index (χ3n) is 10.3. The number of hydrogen-bond donors (Lipinski definition) is 6. The number of likely N-dealkylation sites (N-methyl/N-ethyl adjacent to an activating group) is 1. The largest absolute Gasteiger partial charge is 0.460 e. The van der Waals surface area contributed by atoms with Crippen LogP contribution in [0, 0.1) is 24.7 Å². The summed E-state index contributed by atoms with van der Waals surface area (Å²) in [6, 6.07) is 2.93. The maximum Gasteiger partial charge on any atom is 0.325 e. The van der Waals surface area contributed by atoms with Crippen LogP contribution in [-0.4, -0.2) is 102 Å². The molecule has 0 radical (unpaired) electrons. The predicted octanol–water partition coefficient (Wildman–Crippen LogP) is 1.63. The van der Waals surface area contributed by atoms with Gasteiger partial charge in [0.05, 0.1) is 12.0 Å². The van der Waals surface area contributed by atoms with Crippen LogP contribution in [0.2, 0.25) is 0 Å². The van der Waals surface area contributed by atoms with Gasteiger partial charge in [0.1, 0.15) is 36.8 Å². The number of nitrogens with one attached hydrogen (secondary N) is 4. The van der Waals surface area contributed by atoms with E-state index in [4.69, 9.17) is 10.5 Å². The second kappa shape index (κ2) is 21.0. The van der Waals surface area contributed by atoms with Gasteiger partial charge in [-0.15, -0.1) is 0 Å². The van der Waals surface area contributed by atoms with E-state index < -0.39 is 84.3 Å². The summed E-state index contributed by atoms with van der Waals surface area (Å²) >= 11 is 0. The lowest BCUT2D eigenvalue weighted by Gasteiger charge is -2.36. The van der Waals surface area contributed by atoms with Gasteiger partial charge in [0.15, 0.2) is 0 Å². The summed E-state index contributed by atoms with van der Waals surface area (Å²) in [5.74, 6) is -5.12. The Balaban J connectivity index is 2.14. The number of nitrogens with zero attached hydrogens (tertiary/aromatic N) is 1. The molecule has 5 amide bonds. The van der Waals surface area contributed by atoms with E-state index in [-0.39, 0.29) is 24.8 Å². The number of nitrogens with two attached hydrogens (primary N) is 1. The molecule has 2 aliphatic rings. The molecule has 296 valence electrons. The zero-order valence-corrected chi connectivity index (χ0v) is 32.3. The number of esters is 1. The first-order chi connectivity index (χ1) is 25.2.